The van der Waals surface area contributed by atoms with E-state index in [1.807, 2.05) is 0 Å². The minimum atomic E-state index is -0.833. The maximum Gasteiger partial charge on any atom is 0.300 e. The predicted molar refractivity (Wildman–Crippen MR) is 55.4 cm³/mol. The first-order valence-corrected chi connectivity index (χ1v) is 4.69. The number of hydrogen-bond acceptors (Lipinski definition) is 2. The van der Waals surface area contributed by atoms with Crippen molar-refractivity contribution in [2.45, 2.75) is 13.0 Å². The molecule has 15 heavy (non-hydrogen) atoms. The number of carboxylic acid groups (broad SMARTS) is 1. The summed E-state index contributed by atoms with van der Waals surface area (Å²) in [7, 11) is 0. The zero-order chi connectivity index (χ0) is 11.8. The normalized spacial score (nSPS) is 11.2. The van der Waals surface area contributed by atoms with Gasteiger partial charge in [0.05, 0.1) is 12.0 Å². The summed E-state index contributed by atoms with van der Waals surface area (Å²) in [5.74, 6) is -1.01. The van der Waals surface area contributed by atoms with E-state index in [9.17, 15) is 4.39 Å². The van der Waals surface area contributed by atoms with Gasteiger partial charge in [-0.1, -0.05) is 12.1 Å². The molecule has 0 aliphatic rings. The van der Waals surface area contributed by atoms with E-state index in [2.05, 4.69) is 0 Å². The summed E-state index contributed by atoms with van der Waals surface area (Å²) < 4.78 is 12.3. The topological polar surface area (TPSA) is 57.5 Å². The fourth-order valence-corrected chi connectivity index (χ4v) is 0.952. The Bertz CT molecular complexity index is 296. The molecule has 2 N–H and O–H groups in total. The molecule has 0 saturated carbocycles. The van der Waals surface area contributed by atoms with E-state index in [0.717, 1.165) is 6.92 Å². The molecule has 0 radical (unpaired) electrons. The monoisotopic (exact) mass is 234 g/mol. The summed E-state index contributed by atoms with van der Waals surface area (Å²) in [6, 6.07) is 5.63. The number of rotatable bonds is 2. The summed E-state index contributed by atoms with van der Waals surface area (Å²) in [4.78, 5) is 9.00. The van der Waals surface area contributed by atoms with Crippen molar-refractivity contribution in [3.8, 4) is 0 Å². The number of alkyl halides is 1. The van der Waals surface area contributed by atoms with Gasteiger partial charge >= 0.3 is 0 Å². The second kappa shape index (κ2) is 7.20. The van der Waals surface area contributed by atoms with Gasteiger partial charge in [-0.15, -0.1) is 11.6 Å². The molecule has 5 heteroatoms. The van der Waals surface area contributed by atoms with E-state index in [0.29, 0.717) is 5.56 Å². The lowest BCUT2D eigenvalue weighted by atomic mass is 10.1. The first-order valence-electron chi connectivity index (χ1n) is 4.16. The molecule has 0 saturated heterocycles. The van der Waals surface area contributed by atoms with Crippen LogP contribution in [0.3, 0.4) is 0 Å². The Morgan fingerprint density at radius 2 is 1.87 bits per heavy atom. The molecule has 0 aliphatic heterocycles. The quantitative estimate of drug-likeness (QED) is 0.772. The lowest BCUT2D eigenvalue weighted by Crippen LogP contribution is -1.97. The highest BCUT2D eigenvalue weighted by atomic mass is 35.5. The molecule has 84 valence electrons. The van der Waals surface area contributed by atoms with Gasteiger partial charge in [0.25, 0.3) is 5.97 Å². The molecule has 1 aromatic carbocycles. The molecule has 0 bridgehead atoms. The summed E-state index contributed by atoms with van der Waals surface area (Å²) in [6.07, 6.45) is -0.697. The predicted octanol–water partition coefficient (Wildman–Crippen LogP) is 2.19. The molecule has 0 aliphatic carbocycles. The number of carboxylic acids is 1. The van der Waals surface area contributed by atoms with E-state index in [1.54, 1.807) is 0 Å². The fourth-order valence-electron chi connectivity index (χ4n) is 0.774. The van der Waals surface area contributed by atoms with Crippen molar-refractivity contribution in [2.24, 2.45) is 0 Å². The van der Waals surface area contributed by atoms with E-state index < -0.39 is 12.1 Å². The van der Waals surface area contributed by atoms with Crippen LogP contribution in [0.4, 0.5) is 4.39 Å². The van der Waals surface area contributed by atoms with Gasteiger partial charge in [-0.2, -0.15) is 0 Å². The largest absolute Gasteiger partial charge is 0.481 e. The van der Waals surface area contributed by atoms with Crippen molar-refractivity contribution in [3.63, 3.8) is 0 Å². The molecule has 1 atom stereocenters. The smallest absolute Gasteiger partial charge is 0.300 e. The van der Waals surface area contributed by atoms with Crippen molar-refractivity contribution in [3.05, 3.63) is 35.6 Å². The van der Waals surface area contributed by atoms with Crippen LogP contribution in [0.2, 0.25) is 0 Å². The van der Waals surface area contributed by atoms with E-state index >= 15 is 0 Å². The second-order valence-corrected chi connectivity index (χ2v) is 3.05. The fraction of sp³-hybridized carbons (Fsp3) is 0.300. The molecule has 1 rings (SSSR count). The van der Waals surface area contributed by atoms with Crippen LogP contribution in [0, 0.1) is 5.82 Å². The number of halogens is 2. The van der Waals surface area contributed by atoms with E-state index in [-0.39, 0.29) is 11.7 Å². The van der Waals surface area contributed by atoms with Gasteiger partial charge in [0.15, 0.2) is 0 Å². The number of aliphatic hydroxyl groups is 1. The molecular weight excluding hydrogens is 223 g/mol. The van der Waals surface area contributed by atoms with Gasteiger partial charge in [-0.05, 0) is 17.7 Å². The number of carbonyl (C=O) groups is 1. The maximum atomic E-state index is 12.3. The number of aliphatic hydroxyl groups excluding tert-OH is 1. The summed E-state index contributed by atoms with van der Waals surface area (Å²) in [5, 5.41) is 16.6. The van der Waals surface area contributed by atoms with Crippen molar-refractivity contribution in [1.82, 2.24) is 0 Å². The average molecular weight is 235 g/mol. The van der Waals surface area contributed by atoms with Gasteiger partial charge in [-0.3, -0.25) is 4.79 Å². The lowest BCUT2D eigenvalue weighted by molar-refractivity contribution is -0.134. The van der Waals surface area contributed by atoms with Gasteiger partial charge in [0, 0.05) is 6.92 Å². The van der Waals surface area contributed by atoms with Crippen LogP contribution in [0.15, 0.2) is 24.3 Å². The van der Waals surface area contributed by atoms with Crippen LogP contribution < -0.4 is 0 Å². The molecule has 0 aromatic heterocycles. The zero-order valence-electron chi connectivity index (χ0n) is 8.15. The van der Waals surface area contributed by atoms with Crippen molar-refractivity contribution < 1.29 is 19.4 Å². The number of benzene rings is 1. The Hall–Kier alpha value is -1.13. The third-order valence-electron chi connectivity index (χ3n) is 1.40. The molecular formula is C10H12ClFO3. The van der Waals surface area contributed by atoms with Crippen LogP contribution in [0.1, 0.15) is 18.6 Å². The zero-order valence-corrected chi connectivity index (χ0v) is 8.91. The first-order chi connectivity index (χ1) is 6.97. The second-order valence-electron chi connectivity index (χ2n) is 2.74. The molecule has 1 aromatic rings. The minimum absolute atomic E-state index is 0.131. The molecule has 0 spiro atoms. The van der Waals surface area contributed by atoms with Gasteiger partial charge in [-0.25, -0.2) is 4.39 Å². The molecule has 0 fully saturated rings. The molecule has 0 unspecified atom stereocenters. The van der Waals surface area contributed by atoms with Crippen molar-refractivity contribution in [1.29, 1.82) is 0 Å². The summed E-state index contributed by atoms with van der Waals surface area (Å²) >= 11 is 5.38. The van der Waals surface area contributed by atoms with Crippen LogP contribution in [-0.4, -0.2) is 22.1 Å². The maximum absolute atomic E-state index is 12.3. The Kier molecular flexibility index (Phi) is 6.66. The Labute approximate surface area is 92.1 Å². The Balaban J connectivity index is 0.000000423. The van der Waals surface area contributed by atoms with E-state index in [1.165, 1.54) is 24.3 Å². The molecule has 0 amide bonds. The minimum Gasteiger partial charge on any atom is -0.481 e. The van der Waals surface area contributed by atoms with Gasteiger partial charge < -0.3 is 10.2 Å². The SMILES string of the molecule is CC(=O)O.O[C@H](CCl)c1ccc(F)cc1. The van der Waals surface area contributed by atoms with Crippen LogP contribution in [0.5, 0.6) is 0 Å². The van der Waals surface area contributed by atoms with Crippen molar-refractivity contribution >= 4 is 17.6 Å². The summed E-state index contributed by atoms with van der Waals surface area (Å²) in [6.45, 7) is 1.08. The van der Waals surface area contributed by atoms with Crippen LogP contribution in [0.25, 0.3) is 0 Å². The van der Waals surface area contributed by atoms with E-state index in [4.69, 9.17) is 26.6 Å². The highest BCUT2D eigenvalue weighted by molar-refractivity contribution is 6.18. The third kappa shape index (κ3) is 6.88. The molecule has 3 nitrogen and oxygen atoms in total. The number of aliphatic carboxylic acids is 1. The Morgan fingerprint density at radius 3 is 2.20 bits per heavy atom. The summed E-state index contributed by atoms with van der Waals surface area (Å²) in [5.41, 5.74) is 0.640. The van der Waals surface area contributed by atoms with Crippen LogP contribution in [-0.2, 0) is 4.79 Å². The Morgan fingerprint density at radius 1 is 1.47 bits per heavy atom. The first kappa shape index (κ1) is 13.9. The van der Waals surface area contributed by atoms with Gasteiger partial charge in [0.2, 0.25) is 0 Å². The number of hydrogen-bond donors (Lipinski definition) is 2. The lowest BCUT2D eigenvalue weighted by Gasteiger charge is -2.05. The highest BCUT2D eigenvalue weighted by Gasteiger charge is 2.04. The average Bonchev–Trinajstić information content (AvgIpc) is 2.17. The standard InChI is InChI=1S/C8H8ClFO.C2H4O2/c9-5-8(11)6-1-3-7(10)4-2-6;1-2(3)4/h1-4,8,11H,5H2;1H3,(H,3,4)/t8-;/m1./s1. The van der Waals surface area contributed by atoms with Gasteiger partial charge in [0.1, 0.15) is 5.82 Å². The van der Waals surface area contributed by atoms with Crippen molar-refractivity contribution in [2.75, 3.05) is 5.88 Å². The highest BCUT2D eigenvalue weighted by Crippen LogP contribution is 2.13. The van der Waals surface area contributed by atoms with Crippen LogP contribution >= 0.6 is 11.6 Å². The molecule has 0 heterocycles. The third-order valence-corrected chi connectivity index (χ3v) is 1.69.